The van der Waals surface area contributed by atoms with E-state index in [0.717, 1.165) is 18.5 Å². The molecule has 23 heavy (non-hydrogen) atoms. The maximum Gasteiger partial charge on any atom is 0.327 e. The van der Waals surface area contributed by atoms with Gasteiger partial charge in [0.2, 0.25) is 0 Å². The molecule has 6 heteroatoms. The molecule has 4 rings (SSSR count). The number of aromatic nitrogens is 2. The Kier molecular flexibility index (Phi) is 3.37. The topological polar surface area (TPSA) is 58.4 Å². The normalized spacial score (nSPS) is 19.9. The number of carbonyl (C=O) groups is 2. The second-order valence-corrected chi connectivity index (χ2v) is 6.04. The summed E-state index contributed by atoms with van der Waals surface area (Å²) in [5.74, 6) is -0.0601. The number of imide groups is 1. The SMILES string of the molecule is O=C1[C@@H]2Cc3ccccc3CN2C(=O)N1CCCn1ccnc1. The van der Waals surface area contributed by atoms with Gasteiger partial charge in [-0.15, -0.1) is 0 Å². The molecular weight excluding hydrogens is 292 g/mol. The highest BCUT2D eigenvalue weighted by Gasteiger charge is 2.46. The summed E-state index contributed by atoms with van der Waals surface area (Å²) in [4.78, 5) is 32.3. The Morgan fingerprint density at radius 2 is 1.96 bits per heavy atom. The molecule has 1 fully saturated rings. The van der Waals surface area contributed by atoms with E-state index in [-0.39, 0.29) is 18.0 Å². The van der Waals surface area contributed by atoms with Crippen LogP contribution in [0.4, 0.5) is 4.79 Å². The van der Waals surface area contributed by atoms with Gasteiger partial charge in [0, 0.05) is 38.4 Å². The zero-order valence-electron chi connectivity index (χ0n) is 12.8. The lowest BCUT2D eigenvalue weighted by molar-refractivity contribution is -0.128. The minimum Gasteiger partial charge on any atom is -0.337 e. The summed E-state index contributed by atoms with van der Waals surface area (Å²) in [7, 11) is 0. The van der Waals surface area contributed by atoms with Crippen molar-refractivity contribution in [3.63, 3.8) is 0 Å². The number of urea groups is 1. The standard InChI is InChI=1S/C17H18N4O2/c22-16-15-10-13-4-1-2-5-14(13)11-21(15)17(23)20(16)8-3-7-19-9-6-18-12-19/h1-2,4-6,9,12,15H,3,7-8,10-11H2/t15-/m0/s1. The zero-order valence-corrected chi connectivity index (χ0v) is 12.8. The molecule has 118 valence electrons. The average Bonchev–Trinajstić information content (AvgIpc) is 3.16. The van der Waals surface area contributed by atoms with Crippen LogP contribution in [0, 0.1) is 0 Å². The van der Waals surface area contributed by atoms with Gasteiger partial charge < -0.3 is 9.47 Å². The van der Waals surface area contributed by atoms with Crippen molar-refractivity contribution in [3.8, 4) is 0 Å². The Morgan fingerprint density at radius 3 is 2.74 bits per heavy atom. The van der Waals surface area contributed by atoms with Crippen molar-refractivity contribution in [2.24, 2.45) is 0 Å². The monoisotopic (exact) mass is 310 g/mol. The molecule has 1 aromatic carbocycles. The van der Waals surface area contributed by atoms with E-state index in [4.69, 9.17) is 0 Å². The average molecular weight is 310 g/mol. The van der Waals surface area contributed by atoms with Gasteiger partial charge in [-0.3, -0.25) is 9.69 Å². The van der Waals surface area contributed by atoms with Crippen molar-refractivity contribution >= 4 is 11.9 Å². The molecule has 2 aliphatic heterocycles. The molecule has 0 bridgehead atoms. The van der Waals surface area contributed by atoms with E-state index in [0.29, 0.717) is 19.5 Å². The Labute approximate surface area is 134 Å². The summed E-state index contributed by atoms with van der Waals surface area (Å²) in [5, 5.41) is 0. The molecule has 0 N–H and O–H groups in total. The van der Waals surface area contributed by atoms with Crippen LogP contribution in [0.15, 0.2) is 43.0 Å². The van der Waals surface area contributed by atoms with Crippen molar-refractivity contribution in [3.05, 3.63) is 54.1 Å². The van der Waals surface area contributed by atoms with Crippen LogP contribution in [-0.4, -0.2) is 43.9 Å². The van der Waals surface area contributed by atoms with Crippen molar-refractivity contribution < 1.29 is 9.59 Å². The van der Waals surface area contributed by atoms with Gasteiger partial charge in [-0.25, -0.2) is 9.78 Å². The summed E-state index contributed by atoms with van der Waals surface area (Å²) in [5.41, 5.74) is 2.32. The Bertz CT molecular complexity index is 698. The van der Waals surface area contributed by atoms with Crippen LogP contribution in [0.5, 0.6) is 0 Å². The Balaban J connectivity index is 1.45. The number of rotatable bonds is 4. The third-order valence-corrected chi connectivity index (χ3v) is 4.63. The van der Waals surface area contributed by atoms with Gasteiger partial charge in [-0.05, 0) is 17.5 Å². The number of imidazole rings is 1. The number of aryl methyl sites for hydroxylation is 1. The number of hydrogen-bond acceptors (Lipinski definition) is 3. The van der Waals surface area contributed by atoms with Gasteiger partial charge >= 0.3 is 6.03 Å². The van der Waals surface area contributed by atoms with Crippen molar-refractivity contribution in [2.45, 2.75) is 32.0 Å². The minimum absolute atomic E-state index is 0.0601. The number of fused-ring (bicyclic) bond motifs is 2. The quantitative estimate of drug-likeness (QED) is 0.807. The molecule has 3 heterocycles. The molecule has 3 amide bonds. The second-order valence-electron chi connectivity index (χ2n) is 6.04. The van der Waals surface area contributed by atoms with Crippen LogP contribution < -0.4 is 0 Å². The van der Waals surface area contributed by atoms with Crippen molar-refractivity contribution in [2.75, 3.05) is 6.54 Å². The van der Waals surface area contributed by atoms with Gasteiger partial charge in [-0.2, -0.15) is 0 Å². The predicted molar refractivity (Wildman–Crippen MR) is 83.4 cm³/mol. The third kappa shape index (κ3) is 2.40. The third-order valence-electron chi connectivity index (χ3n) is 4.63. The second kappa shape index (κ2) is 5.53. The molecule has 6 nitrogen and oxygen atoms in total. The van der Waals surface area contributed by atoms with Crippen LogP contribution in [0.3, 0.4) is 0 Å². The van der Waals surface area contributed by atoms with E-state index in [1.807, 2.05) is 35.0 Å². The molecule has 1 atom stereocenters. The summed E-state index contributed by atoms with van der Waals surface area (Å²) >= 11 is 0. The molecule has 0 radical (unpaired) electrons. The van der Waals surface area contributed by atoms with Gasteiger partial charge in [-0.1, -0.05) is 24.3 Å². The number of benzene rings is 1. The van der Waals surface area contributed by atoms with Gasteiger partial charge in [0.05, 0.1) is 6.33 Å². The largest absolute Gasteiger partial charge is 0.337 e. The Hall–Kier alpha value is -2.63. The molecule has 0 unspecified atom stereocenters. The zero-order chi connectivity index (χ0) is 15.8. The maximum atomic E-state index is 12.6. The highest BCUT2D eigenvalue weighted by molar-refractivity contribution is 6.04. The number of nitrogens with zero attached hydrogens (tertiary/aromatic N) is 4. The highest BCUT2D eigenvalue weighted by atomic mass is 16.2. The summed E-state index contributed by atoms with van der Waals surface area (Å²) < 4.78 is 1.95. The summed E-state index contributed by atoms with van der Waals surface area (Å²) in [6.45, 7) is 1.74. The lowest BCUT2D eigenvalue weighted by atomic mass is 9.95. The fraction of sp³-hybridized carbons (Fsp3) is 0.353. The lowest BCUT2D eigenvalue weighted by Gasteiger charge is -2.28. The molecule has 0 aliphatic carbocycles. The van der Waals surface area contributed by atoms with E-state index in [1.54, 1.807) is 17.4 Å². The van der Waals surface area contributed by atoms with Crippen LogP contribution in [-0.2, 0) is 24.3 Å². The molecular formula is C17H18N4O2. The molecule has 1 aromatic heterocycles. The minimum atomic E-state index is -0.328. The predicted octanol–water partition coefficient (Wildman–Crippen LogP) is 1.66. The first kappa shape index (κ1) is 14.0. The number of amides is 3. The van der Waals surface area contributed by atoms with Crippen LogP contribution in [0.2, 0.25) is 0 Å². The van der Waals surface area contributed by atoms with Crippen LogP contribution >= 0.6 is 0 Å². The summed E-state index contributed by atoms with van der Waals surface area (Å²) in [6, 6.07) is 7.56. The van der Waals surface area contributed by atoms with E-state index in [2.05, 4.69) is 4.98 Å². The van der Waals surface area contributed by atoms with Crippen LogP contribution in [0.1, 0.15) is 17.5 Å². The Morgan fingerprint density at radius 1 is 1.13 bits per heavy atom. The molecule has 1 saturated heterocycles. The smallest absolute Gasteiger partial charge is 0.327 e. The highest BCUT2D eigenvalue weighted by Crippen LogP contribution is 2.29. The number of hydrogen-bond donors (Lipinski definition) is 0. The van der Waals surface area contributed by atoms with E-state index in [1.165, 1.54) is 10.5 Å². The van der Waals surface area contributed by atoms with Crippen molar-refractivity contribution in [1.82, 2.24) is 19.4 Å². The van der Waals surface area contributed by atoms with E-state index >= 15 is 0 Å². The van der Waals surface area contributed by atoms with E-state index < -0.39 is 0 Å². The van der Waals surface area contributed by atoms with Gasteiger partial charge in [0.1, 0.15) is 6.04 Å². The molecule has 0 spiro atoms. The van der Waals surface area contributed by atoms with Gasteiger partial charge in [0.25, 0.3) is 5.91 Å². The van der Waals surface area contributed by atoms with Crippen LogP contribution in [0.25, 0.3) is 0 Å². The lowest BCUT2D eigenvalue weighted by Crippen LogP contribution is -2.39. The fourth-order valence-electron chi connectivity index (χ4n) is 3.41. The molecule has 2 aliphatic rings. The fourth-order valence-corrected chi connectivity index (χ4v) is 3.41. The first-order valence-corrected chi connectivity index (χ1v) is 7.88. The first-order chi connectivity index (χ1) is 11.2. The number of carbonyl (C=O) groups excluding carboxylic acids is 2. The maximum absolute atomic E-state index is 12.6. The van der Waals surface area contributed by atoms with E-state index in [9.17, 15) is 9.59 Å². The van der Waals surface area contributed by atoms with Gasteiger partial charge in [0.15, 0.2) is 0 Å². The molecule has 0 saturated carbocycles. The first-order valence-electron chi connectivity index (χ1n) is 7.88. The molecule has 2 aromatic rings. The summed E-state index contributed by atoms with van der Waals surface area (Å²) in [6.07, 6.45) is 6.71. The van der Waals surface area contributed by atoms with Crippen molar-refractivity contribution in [1.29, 1.82) is 0 Å².